The number of hydrogen-bond donors (Lipinski definition) is 1. The van der Waals surface area contributed by atoms with Crippen LogP contribution in [0.1, 0.15) is 13.3 Å². The van der Waals surface area contributed by atoms with Crippen molar-refractivity contribution < 1.29 is 27.1 Å². The second kappa shape index (κ2) is 6.58. The van der Waals surface area contributed by atoms with Gasteiger partial charge in [-0.3, -0.25) is 9.59 Å². The van der Waals surface area contributed by atoms with Crippen LogP contribution < -0.4 is 4.72 Å². The van der Waals surface area contributed by atoms with E-state index in [0.717, 1.165) is 38.3 Å². The zero-order valence-corrected chi connectivity index (χ0v) is 11.7. The van der Waals surface area contributed by atoms with E-state index in [0.29, 0.717) is 0 Å². The van der Waals surface area contributed by atoms with Gasteiger partial charge in [-0.25, -0.2) is 17.5 Å². The third kappa shape index (κ3) is 4.39. The van der Waals surface area contributed by atoms with Crippen LogP contribution in [-0.2, 0) is 24.3 Å². The van der Waals surface area contributed by atoms with Crippen LogP contribution in [0.2, 0.25) is 0 Å². The van der Waals surface area contributed by atoms with Gasteiger partial charge in [-0.2, -0.15) is 0 Å². The maximum absolute atomic E-state index is 12.8. The van der Waals surface area contributed by atoms with E-state index in [9.17, 15) is 22.4 Å². The molecule has 0 bridgehead atoms. The quantitative estimate of drug-likeness (QED) is 0.778. The Hall–Kier alpha value is -1.80. The van der Waals surface area contributed by atoms with Crippen molar-refractivity contribution in [2.24, 2.45) is 0 Å². The molecule has 110 valence electrons. The highest BCUT2D eigenvalue weighted by Gasteiger charge is 2.25. The van der Waals surface area contributed by atoms with Crippen molar-refractivity contribution in [2.75, 3.05) is 7.11 Å². The Morgan fingerprint density at radius 3 is 2.30 bits per heavy atom. The van der Waals surface area contributed by atoms with Crippen molar-refractivity contribution in [3.63, 3.8) is 0 Å². The van der Waals surface area contributed by atoms with Crippen molar-refractivity contribution >= 4 is 21.8 Å². The van der Waals surface area contributed by atoms with E-state index >= 15 is 0 Å². The van der Waals surface area contributed by atoms with E-state index in [2.05, 4.69) is 9.46 Å². The standard InChI is InChI=1S/C12H14FNO5S/c1-8(15)11(7-12(16)19-2)14-20(17,18)10-5-3-9(13)4-6-10/h3-6,11,14H,7H2,1-2H3/t11-/m1/s1. The molecule has 0 spiro atoms. The molecule has 1 N–H and O–H groups in total. The molecule has 6 nitrogen and oxygen atoms in total. The van der Waals surface area contributed by atoms with Gasteiger partial charge in [0.25, 0.3) is 0 Å². The average Bonchev–Trinajstić information content (AvgIpc) is 2.37. The van der Waals surface area contributed by atoms with Gasteiger partial charge in [-0.05, 0) is 31.2 Å². The molecule has 8 heteroatoms. The Kier molecular flexibility index (Phi) is 5.34. The number of carbonyl (C=O) groups excluding carboxylic acids is 2. The molecular formula is C12H14FNO5S. The van der Waals surface area contributed by atoms with Crippen LogP contribution in [0, 0.1) is 5.82 Å². The maximum atomic E-state index is 12.8. The highest BCUT2D eigenvalue weighted by atomic mass is 32.2. The fourth-order valence-electron chi connectivity index (χ4n) is 1.39. The van der Waals surface area contributed by atoms with Gasteiger partial charge in [0.15, 0.2) is 0 Å². The van der Waals surface area contributed by atoms with Crippen LogP contribution in [0.25, 0.3) is 0 Å². The van der Waals surface area contributed by atoms with Gasteiger partial charge in [-0.1, -0.05) is 0 Å². The van der Waals surface area contributed by atoms with E-state index in [1.807, 2.05) is 0 Å². The molecule has 0 saturated carbocycles. The van der Waals surface area contributed by atoms with Crippen molar-refractivity contribution in [1.29, 1.82) is 0 Å². The summed E-state index contributed by atoms with van der Waals surface area (Å²) in [6.45, 7) is 1.15. The summed E-state index contributed by atoms with van der Waals surface area (Å²) in [5, 5.41) is 0. The minimum atomic E-state index is -4.02. The maximum Gasteiger partial charge on any atom is 0.307 e. The Morgan fingerprint density at radius 1 is 1.30 bits per heavy atom. The van der Waals surface area contributed by atoms with E-state index in [-0.39, 0.29) is 4.90 Å². The summed E-state index contributed by atoms with van der Waals surface area (Å²) >= 11 is 0. The van der Waals surface area contributed by atoms with Gasteiger partial charge in [0.05, 0.1) is 24.5 Å². The molecule has 1 aromatic rings. The summed E-state index contributed by atoms with van der Waals surface area (Å²) in [5.41, 5.74) is 0. The van der Waals surface area contributed by atoms with Crippen molar-refractivity contribution in [2.45, 2.75) is 24.3 Å². The zero-order chi connectivity index (χ0) is 15.3. The third-order valence-corrected chi connectivity index (χ3v) is 4.00. The summed E-state index contributed by atoms with van der Waals surface area (Å²) in [4.78, 5) is 22.3. The highest BCUT2D eigenvalue weighted by molar-refractivity contribution is 7.89. The molecule has 0 saturated heterocycles. The Bertz CT molecular complexity index is 597. The topological polar surface area (TPSA) is 89.5 Å². The minimum Gasteiger partial charge on any atom is -0.469 e. The van der Waals surface area contributed by atoms with Gasteiger partial charge in [0.2, 0.25) is 10.0 Å². The summed E-state index contributed by atoms with van der Waals surface area (Å²) in [7, 11) is -2.89. The number of benzene rings is 1. The number of ketones is 1. The van der Waals surface area contributed by atoms with Gasteiger partial charge in [0, 0.05) is 0 Å². The van der Waals surface area contributed by atoms with Crippen LogP contribution in [0.15, 0.2) is 29.2 Å². The van der Waals surface area contributed by atoms with E-state index < -0.39 is 40.1 Å². The smallest absolute Gasteiger partial charge is 0.307 e. The number of methoxy groups -OCH3 is 1. The first kappa shape index (κ1) is 16.3. The lowest BCUT2D eigenvalue weighted by molar-refractivity contribution is -0.142. The van der Waals surface area contributed by atoms with Gasteiger partial charge in [0.1, 0.15) is 11.6 Å². The van der Waals surface area contributed by atoms with E-state index in [1.165, 1.54) is 0 Å². The Morgan fingerprint density at radius 2 is 1.85 bits per heavy atom. The number of nitrogens with one attached hydrogen (secondary N) is 1. The molecule has 0 aromatic heterocycles. The first-order chi connectivity index (χ1) is 9.26. The molecule has 0 aliphatic carbocycles. The monoisotopic (exact) mass is 303 g/mol. The number of rotatable bonds is 6. The normalized spacial score (nSPS) is 12.8. The first-order valence-electron chi connectivity index (χ1n) is 5.61. The molecule has 1 atom stereocenters. The van der Waals surface area contributed by atoms with E-state index in [4.69, 9.17) is 0 Å². The van der Waals surface area contributed by atoms with Crippen molar-refractivity contribution in [3.8, 4) is 0 Å². The number of esters is 1. The predicted octanol–water partition coefficient (Wildman–Crippen LogP) is 0.625. The first-order valence-corrected chi connectivity index (χ1v) is 7.09. The largest absolute Gasteiger partial charge is 0.469 e. The molecule has 0 aliphatic heterocycles. The Balaban J connectivity index is 2.94. The lowest BCUT2D eigenvalue weighted by atomic mass is 10.1. The van der Waals surface area contributed by atoms with Crippen LogP contribution in [0.5, 0.6) is 0 Å². The molecule has 0 fully saturated rings. The molecule has 1 rings (SSSR count). The Labute approximate surface area is 116 Å². The lowest BCUT2D eigenvalue weighted by Gasteiger charge is -2.14. The summed E-state index contributed by atoms with van der Waals surface area (Å²) < 4.78 is 43.2. The van der Waals surface area contributed by atoms with Crippen LogP contribution in [-0.4, -0.2) is 33.3 Å². The van der Waals surface area contributed by atoms with E-state index in [1.54, 1.807) is 0 Å². The molecule has 20 heavy (non-hydrogen) atoms. The van der Waals surface area contributed by atoms with Crippen molar-refractivity contribution in [1.82, 2.24) is 4.72 Å². The third-order valence-electron chi connectivity index (χ3n) is 2.51. The molecule has 1 aromatic carbocycles. The summed E-state index contributed by atoms with van der Waals surface area (Å²) in [6, 6.07) is 2.87. The molecule has 0 aliphatic rings. The zero-order valence-electron chi connectivity index (χ0n) is 10.9. The van der Waals surface area contributed by atoms with Gasteiger partial charge < -0.3 is 4.74 Å². The summed E-state index contributed by atoms with van der Waals surface area (Å²) in [5.74, 6) is -1.82. The fourth-order valence-corrected chi connectivity index (χ4v) is 2.64. The molecular weight excluding hydrogens is 289 g/mol. The number of halogens is 1. The van der Waals surface area contributed by atoms with Crippen LogP contribution in [0.3, 0.4) is 0 Å². The average molecular weight is 303 g/mol. The second-order valence-electron chi connectivity index (χ2n) is 4.02. The van der Waals surface area contributed by atoms with Gasteiger partial charge in [-0.15, -0.1) is 0 Å². The molecule has 0 amide bonds. The van der Waals surface area contributed by atoms with Crippen molar-refractivity contribution in [3.05, 3.63) is 30.1 Å². The second-order valence-corrected chi connectivity index (χ2v) is 5.73. The number of ether oxygens (including phenoxy) is 1. The highest BCUT2D eigenvalue weighted by Crippen LogP contribution is 2.11. The number of hydrogen-bond acceptors (Lipinski definition) is 5. The number of sulfonamides is 1. The number of carbonyl (C=O) groups is 2. The summed E-state index contributed by atoms with van der Waals surface area (Å²) in [6.07, 6.45) is -0.410. The van der Waals surface area contributed by atoms with Crippen LogP contribution in [0.4, 0.5) is 4.39 Å². The SMILES string of the molecule is COC(=O)C[C@@H](NS(=O)(=O)c1ccc(F)cc1)C(C)=O. The fraction of sp³-hybridized carbons (Fsp3) is 0.333. The number of Topliss-reactive ketones (excluding diaryl/α,β-unsaturated/α-hetero) is 1. The van der Waals surface area contributed by atoms with Crippen LogP contribution >= 0.6 is 0 Å². The molecule has 0 radical (unpaired) electrons. The van der Waals surface area contributed by atoms with Gasteiger partial charge >= 0.3 is 5.97 Å². The lowest BCUT2D eigenvalue weighted by Crippen LogP contribution is -2.41. The predicted molar refractivity (Wildman–Crippen MR) is 67.8 cm³/mol. The molecule has 0 heterocycles. The molecule has 0 unspecified atom stereocenters. The minimum absolute atomic E-state index is 0.199.